The van der Waals surface area contributed by atoms with E-state index in [1.165, 1.54) is 4.57 Å². The lowest BCUT2D eigenvalue weighted by Crippen LogP contribution is -2.33. The van der Waals surface area contributed by atoms with Crippen molar-refractivity contribution in [2.24, 2.45) is 0 Å². The molecule has 0 spiro atoms. The highest BCUT2D eigenvalue weighted by Crippen LogP contribution is 2.13. The summed E-state index contributed by atoms with van der Waals surface area (Å²) in [6.07, 6.45) is 0. The number of carbonyl (C=O) groups excluding carboxylic acids is 2. The third kappa shape index (κ3) is 5.15. The van der Waals surface area contributed by atoms with Gasteiger partial charge in [-0.2, -0.15) is 0 Å². The maximum atomic E-state index is 12.7. The van der Waals surface area contributed by atoms with Crippen LogP contribution in [0.15, 0.2) is 77.6 Å². The number of aryl methyl sites for hydroxylation is 2. The zero-order chi connectivity index (χ0) is 23.4. The van der Waals surface area contributed by atoms with E-state index in [1.807, 2.05) is 37.3 Å². The molecule has 7 nitrogen and oxygen atoms in total. The Labute approximate surface area is 191 Å². The molecule has 0 radical (unpaired) electrons. The molecule has 0 aliphatic carbocycles. The SMILES string of the molecule is Cc1ccc(C(=O)Nc2cccc(CNC(=O)Cn3c(C)nc4ccccc4c3=O)c2)cc1. The van der Waals surface area contributed by atoms with Crippen LogP contribution in [0.2, 0.25) is 0 Å². The largest absolute Gasteiger partial charge is 0.350 e. The third-order valence-corrected chi connectivity index (χ3v) is 5.34. The minimum Gasteiger partial charge on any atom is -0.350 e. The molecule has 0 saturated heterocycles. The Hall–Kier alpha value is -4.26. The predicted molar refractivity (Wildman–Crippen MR) is 128 cm³/mol. The standard InChI is InChI=1S/C26H24N4O3/c1-17-10-12-20(13-11-17)25(32)29-21-7-5-6-19(14-21)15-27-24(31)16-30-18(2)28-23-9-4-3-8-22(23)26(30)33/h3-14H,15-16H2,1-2H3,(H,27,31)(H,29,32). The van der Waals surface area contributed by atoms with Gasteiger partial charge in [-0.15, -0.1) is 0 Å². The van der Waals surface area contributed by atoms with E-state index in [9.17, 15) is 14.4 Å². The lowest BCUT2D eigenvalue weighted by Gasteiger charge is -2.12. The summed E-state index contributed by atoms with van der Waals surface area (Å²) in [5, 5.41) is 6.18. The van der Waals surface area contributed by atoms with Crippen LogP contribution in [0.4, 0.5) is 5.69 Å². The first-order valence-electron chi connectivity index (χ1n) is 10.6. The highest BCUT2D eigenvalue weighted by atomic mass is 16.2. The Balaban J connectivity index is 1.40. The number of hydrogen-bond acceptors (Lipinski definition) is 4. The van der Waals surface area contributed by atoms with Gasteiger partial charge in [-0.05, 0) is 55.8 Å². The number of hydrogen-bond donors (Lipinski definition) is 2. The molecule has 2 amide bonds. The topological polar surface area (TPSA) is 93.1 Å². The molecule has 0 aliphatic heterocycles. The average Bonchev–Trinajstić information content (AvgIpc) is 2.81. The highest BCUT2D eigenvalue weighted by molar-refractivity contribution is 6.04. The maximum absolute atomic E-state index is 12.7. The number of amides is 2. The summed E-state index contributed by atoms with van der Waals surface area (Å²) in [5.74, 6) is -0.0177. The van der Waals surface area contributed by atoms with Crippen LogP contribution < -0.4 is 16.2 Å². The third-order valence-electron chi connectivity index (χ3n) is 5.34. The molecule has 2 N–H and O–H groups in total. The number of carbonyl (C=O) groups is 2. The van der Waals surface area contributed by atoms with E-state index in [0.717, 1.165) is 11.1 Å². The summed E-state index contributed by atoms with van der Waals surface area (Å²) in [6, 6.07) is 21.7. The summed E-state index contributed by atoms with van der Waals surface area (Å²) in [4.78, 5) is 42.1. The number of benzene rings is 3. The maximum Gasteiger partial charge on any atom is 0.261 e. The molecule has 4 rings (SSSR count). The molecule has 0 aliphatic rings. The van der Waals surface area contributed by atoms with Gasteiger partial charge in [0.25, 0.3) is 11.5 Å². The van der Waals surface area contributed by atoms with Crippen molar-refractivity contribution >= 4 is 28.4 Å². The lowest BCUT2D eigenvalue weighted by atomic mass is 10.1. The van der Waals surface area contributed by atoms with Gasteiger partial charge in [0.2, 0.25) is 5.91 Å². The van der Waals surface area contributed by atoms with E-state index < -0.39 is 0 Å². The Kier molecular flexibility index (Phi) is 6.31. The van der Waals surface area contributed by atoms with Gasteiger partial charge in [0.15, 0.2) is 0 Å². The molecule has 0 fully saturated rings. The van der Waals surface area contributed by atoms with Crippen LogP contribution in [0.1, 0.15) is 27.3 Å². The monoisotopic (exact) mass is 440 g/mol. The molecule has 3 aromatic carbocycles. The van der Waals surface area contributed by atoms with Crippen LogP contribution in [0.25, 0.3) is 10.9 Å². The van der Waals surface area contributed by atoms with E-state index >= 15 is 0 Å². The molecule has 0 saturated carbocycles. The smallest absolute Gasteiger partial charge is 0.261 e. The minimum absolute atomic E-state index is 0.119. The Morgan fingerprint density at radius 3 is 2.48 bits per heavy atom. The van der Waals surface area contributed by atoms with Crippen LogP contribution in [0.3, 0.4) is 0 Å². The van der Waals surface area contributed by atoms with E-state index in [1.54, 1.807) is 49.4 Å². The summed E-state index contributed by atoms with van der Waals surface area (Å²) in [5.41, 5.74) is 3.49. The Morgan fingerprint density at radius 1 is 0.939 bits per heavy atom. The van der Waals surface area contributed by atoms with Gasteiger partial charge in [0.1, 0.15) is 12.4 Å². The van der Waals surface area contributed by atoms with E-state index in [2.05, 4.69) is 15.6 Å². The molecule has 1 aromatic heterocycles. The van der Waals surface area contributed by atoms with Gasteiger partial charge in [0.05, 0.1) is 10.9 Å². The van der Waals surface area contributed by atoms with Crippen LogP contribution in [-0.4, -0.2) is 21.4 Å². The van der Waals surface area contributed by atoms with Crippen molar-refractivity contribution in [3.05, 3.63) is 106 Å². The van der Waals surface area contributed by atoms with Crippen LogP contribution in [-0.2, 0) is 17.9 Å². The van der Waals surface area contributed by atoms with Crippen molar-refractivity contribution in [3.63, 3.8) is 0 Å². The Morgan fingerprint density at radius 2 is 1.70 bits per heavy atom. The summed E-state index contributed by atoms with van der Waals surface area (Å²) in [6.45, 7) is 3.82. The second-order valence-corrected chi connectivity index (χ2v) is 7.86. The number of nitrogens with zero attached hydrogens (tertiary/aromatic N) is 2. The molecule has 1 heterocycles. The fraction of sp³-hybridized carbons (Fsp3) is 0.154. The average molecular weight is 441 g/mol. The summed E-state index contributed by atoms with van der Waals surface area (Å²) in [7, 11) is 0. The normalized spacial score (nSPS) is 10.7. The fourth-order valence-electron chi connectivity index (χ4n) is 3.53. The van der Waals surface area contributed by atoms with Crippen LogP contribution in [0, 0.1) is 13.8 Å². The zero-order valence-electron chi connectivity index (χ0n) is 18.5. The summed E-state index contributed by atoms with van der Waals surface area (Å²) >= 11 is 0. The van der Waals surface area contributed by atoms with E-state index in [-0.39, 0.29) is 30.5 Å². The van der Waals surface area contributed by atoms with Crippen molar-refractivity contribution in [1.29, 1.82) is 0 Å². The number of nitrogens with one attached hydrogen (secondary N) is 2. The molecule has 0 atom stereocenters. The van der Waals surface area contributed by atoms with Crippen molar-refractivity contribution in [1.82, 2.24) is 14.9 Å². The van der Waals surface area contributed by atoms with Gasteiger partial charge < -0.3 is 10.6 Å². The number of anilines is 1. The molecule has 33 heavy (non-hydrogen) atoms. The van der Waals surface area contributed by atoms with Crippen LogP contribution in [0.5, 0.6) is 0 Å². The van der Waals surface area contributed by atoms with Crippen molar-refractivity contribution in [2.45, 2.75) is 26.9 Å². The van der Waals surface area contributed by atoms with Gasteiger partial charge in [-0.3, -0.25) is 19.0 Å². The van der Waals surface area contributed by atoms with Gasteiger partial charge in [-0.25, -0.2) is 4.98 Å². The lowest BCUT2D eigenvalue weighted by molar-refractivity contribution is -0.121. The fourth-order valence-corrected chi connectivity index (χ4v) is 3.53. The number of rotatable bonds is 6. The first kappa shape index (κ1) is 22.0. The molecular formula is C26H24N4O3. The molecule has 0 bridgehead atoms. The highest BCUT2D eigenvalue weighted by Gasteiger charge is 2.12. The minimum atomic E-state index is -0.300. The zero-order valence-corrected chi connectivity index (χ0v) is 18.5. The first-order chi connectivity index (χ1) is 15.9. The molecule has 4 aromatic rings. The first-order valence-corrected chi connectivity index (χ1v) is 10.6. The van der Waals surface area contributed by atoms with Crippen molar-refractivity contribution < 1.29 is 9.59 Å². The van der Waals surface area contributed by atoms with Gasteiger partial charge in [-0.1, -0.05) is 42.0 Å². The molecular weight excluding hydrogens is 416 g/mol. The van der Waals surface area contributed by atoms with Gasteiger partial charge >= 0.3 is 0 Å². The predicted octanol–water partition coefficient (Wildman–Crippen LogP) is 3.58. The molecule has 7 heteroatoms. The number of fused-ring (bicyclic) bond motifs is 1. The molecule has 0 unspecified atom stereocenters. The van der Waals surface area contributed by atoms with Crippen LogP contribution >= 0.6 is 0 Å². The van der Waals surface area contributed by atoms with Crippen molar-refractivity contribution in [3.8, 4) is 0 Å². The quantitative estimate of drug-likeness (QED) is 0.479. The summed E-state index contributed by atoms with van der Waals surface area (Å²) < 4.78 is 1.37. The number of para-hydroxylation sites is 1. The second kappa shape index (κ2) is 9.48. The Bertz CT molecular complexity index is 1390. The van der Waals surface area contributed by atoms with E-state index in [0.29, 0.717) is 28.0 Å². The second-order valence-electron chi connectivity index (χ2n) is 7.86. The van der Waals surface area contributed by atoms with E-state index in [4.69, 9.17) is 0 Å². The molecule has 166 valence electrons. The number of aromatic nitrogens is 2. The van der Waals surface area contributed by atoms with Crippen molar-refractivity contribution in [2.75, 3.05) is 5.32 Å². The van der Waals surface area contributed by atoms with Gasteiger partial charge in [0, 0.05) is 17.8 Å².